The Morgan fingerprint density at radius 1 is 1.12 bits per heavy atom. The SMILES string of the molecule is CCCC(O)=C1C(=O)CC(c2c(C)c(C)cc3ccccc23)CC1=O. The summed E-state index contributed by atoms with van der Waals surface area (Å²) in [5, 5.41) is 12.3. The Balaban J connectivity index is 2.07. The Hall–Kier alpha value is -2.42. The van der Waals surface area contributed by atoms with Crippen molar-refractivity contribution >= 4 is 22.3 Å². The van der Waals surface area contributed by atoms with Gasteiger partial charge in [-0.25, -0.2) is 0 Å². The number of allylic oxidation sites excluding steroid dienone is 2. The van der Waals surface area contributed by atoms with Gasteiger partial charge in [-0.15, -0.1) is 0 Å². The maximum Gasteiger partial charge on any atom is 0.170 e. The second-order valence-corrected chi connectivity index (χ2v) is 6.98. The van der Waals surface area contributed by atoms with Gasteiger partial charge in [0, 0.05) is 19.3 Å². The van der Waals surface area contributed by atoms with E-state index in [1.165, 1.54) is 5.56 Å². The lowest BCUT2D eigenvalue weighted by Gasteiger charge is -2.26. The monoisotopic (exact) mass is 336 g/mol. The fourth-order valence-electron chi connectivity index (χ4n) is 3.92. The summed E-state index contributed by atoms with van der Waals surface area (Å²) in [6, 6.07) is 10.3. The van der Waals surface area contributed by atoms with Crippen molar-refractivity contribution in [3.05, 3.63) is 58.4 Å². The third-order valence-electron chi connectivity index (χ3n) is 5.22. The molecule has 0 bridgehead atoms. The summed E-state index contributed by atoms with van der Waals surface area (Å²) in [6.07, 6.45) is 1.65. The Morgan fingerprint density at radius 3 is 2.40 bits per heavy atom. The molecule has 3 nitrogen and oxygen atoms in total. The number of ketones is 2. The summed E-state index contributed by atoms with van der Waals surface area (Å²) in [6.45, 7) is 6.04. The molecule has 0 aliphatic heterocycles. The maximum absolute atomic E-state index is 12.6. The van der Waals surface area contributed by atoms with E-state index in [0.29, 0.717) is 12.8 Å². The van der Waals surface area contributed by atoms with E-state index >= 15 is 0 Å². The molecular weight excluding hydrogens is 312 g/mol. The summed E-state index contributed by atoms with van der Waals surface area (Å²) in [5.74, 6) is -0.612. The van der Waals surface area contributed by atoms with Crippen molar-refractivity contribution in [3.63, 3.8) is 0 Å². The van der Waals surface area contributed by atoms with E-state index < -0.39 is 0 Å². The minimum Gasteiger partial charge on any atom is -0.511 e. The molecular formula is C22H24O3. The molecule has 0 aromatic heterocycles. The number of Topliss-reactive ketones (excluding diaryl/α,β-unsaturated/α-hetero) is 2. The van der Waals surface area contributed by atoms with Crippen LogP contribution in [0.5, 0.6) is 0 Å². The predicted molar refractivity (Wildman–Crippen MR) is 100.0 cm³/mol. The number of carbonyl (C=O) groups excluding carboxylic acids is 2. The summed E-state index contributed by atoms with van der Waals surface area (Å²) in [5.41, 5.74) is 3.46. The van der Waals surface area contributed by atoms with Gasteiger partial charge in [-0.2, -0.15) is 0 Å². The van der Waals surface area contributed by atoms with Crippen LogP contribution in [0.4, 0.5) is 0 Å². The number of fused-ring (bicyclic) bond motifs is 1. The fourth-order valence-corrected chi connectivity index (χ4v) is 3.92. The van der Waals surface area contributed by atoms with Crippen molar-refractivity contribution in [2.45, 2.75) is 52.4 Å². The largest absolute Gasteiger partial charge is 0.511 e. The van der Waals surface area contributed by atoms with Crippen molar-refractivity contribution in [2.75, 3.05) is 0 Å². The third kappa shape index (κ3) is 3.11. The van der Waals surface area contributed by atoms with Crippen molar-refractivity contribution in [1.29, 1.82) is 0 Å². The molecule has 3 heteroatoms. The first-order chi connectivity index (χ1) is 11.9. The van der Waals surface area contributed by atoms with E-state index in [2.05, 4.69) is 32.0 Å². The average Bonchev–Trinajstić information content (AvgIpc) is 2.55. The highest BCUT2D eigenvalue weighted by Gasteiger charge is 2.35. The molecule has 1 N–H and O–H groups in total. The molecule has 25 heavy (non-hydrogen) atoms. The first kappa shape index (κ1) is 17.4. The van der Waals surface area contributed by atoms with Crippen molar-refractivity contribution < 1.29 is 14.7 Å². The third-order valence-corrected chi connectivity index (χ3v) is 5.22. The Bertz CT molecular complexity index is 870. The molecule has 0 amide bonds. The molecule has 1 fully saturated rings. The summed E-state index contributed by atoms with van der Waals surface area (Å²) in [7, 11) is 0. The van der Waals surface area contributed by atoms with Gasteiger partial charge in [-0.3, -0.25) is 9.59 Å². The van der Waals surface area contributed by atoms with Gasteiger partial charge in [0.1, 0.15) is 5.76 Å². The Kier molecular flexibility index (Phi) is 4.76. The van der Waals surface area contributed by atoms with Crippen LogP contribution in [0.25, 0.3) is 10.8 Å². The molecule has 2 aromatic rings. The fraction of sp³-hybridized carbons (Fsp3) is 0.364. The van der Waals surface area contributed by atoms with Crippen LogP contribution in [0.3, 0.4) is 0 Å². The topological polar surface area (TPSA) is 54.4 Å². The molecule has 0 spiro atoms. The van der Waals surface area contributed by atoms with Crippen LogP contribution < -0.4 is 0 Å². The van der Waals surface area contributed by atoms with E-state index in [9.17, 15) is 14.7 Å². The van der Waals surface area contributed by atoms with Crippen LogP contribution in [0, 0.1) is 13.8 Å². The van der Waals surface area contributed by atoms with Crippen LogP contribution in [0.2, 0.25) is 0 Å². The first-order valence-electron chi connectivity index (χ1n) is 8.91. The van der Waals surface area contributed by atoms with E-state index in [4.69, 9.17) is 0 Å². The smallest absolute Gasteiger partial charge is 0.170 e. The lowest BCUT2D eigenvalue weighted by molar-refractivity contribution is -0.124. The van der Waals surface area contributed by atoms with Gasteiger partial charge in [0.15, 0.2) is 11.6 Å². The molecule has 0 saturated heterocycles. The molecule has 0 heterocycles. The van der Waals surface area contributed by atoms with Crippen LogP contribution in [-0.2, 0) is 9.59 Å². The number of aliphatic hydroxyl groups is 1. The highest BCUT2D eigenvalue weighted by molar-refractivity contribution is 6.22. The lowest BCUT2D eigenvalue weighted by atomic mass is 9.76. The van der Waals surface area contributed by atoms with Gasteiger partial charge < -0.3 is 5.11 Å². The van der Waals surface area contributed by atoms with Crippen molar-refractivity contribution in [3.8, 4) is 0 Å². The van der Waals surface area contributed by atoms with Crippen molar-refractivity contribution in [1.82, 2.24) is 0 Å². The minimum absolute atomic E-state index is 0.0349. The van der Waals surface area contributed by atoms with Gasteiger partial charge in [0.2, 0.25) is 0 Å². The second kappa shape index (κ2) is 6.83. The molecule has 2 aromatic carbocycles. The zero-order valence-electron chi connectivity index (χ0n) is 15.1. The number of hydrogen-bond donors (Lipinski definition) is 1. The number of carbonyl (C=O) groups is 2. The second-order valence-electron chi connectivity index (χ2n) is 6.98. The quantitative estimate of drug-likeness (QED) is 0.483. The number of aryl methyl sites for hydroxylation is 1. The highest BCUT2D eigenvalue weighted by atomic mass is 16.3. The van der Waals surface area contributed by atoms with E-state index in [0.717, 1.165) is 21.9 Å². The molecule has 3 rings (SSSR count). The van der Waals surface area contributed by atoms with E-state index in [-0.39, 0.29) is 41.7 Å². The average molecular weight is 336 g/mol. The number of rotatable bonds is 3. The van der Waals surface area contributed by atoms with Crippen LogP contribution in [-0.4, -0.2) is 16.7 Å². The van der Waals surface area contributed by atoms with Gasteiger partial charge in [-0.05, 0) is 53.6 Å². The number of aliphatic hydroxyl groups excluding tert-OH is 1. The molecule has 130 valence electrons. The molecule has 0 radical (unpaired) electrons. The van der Waals surface area contributed by atoms with Gasteiger partial charge in [-0.1, -0.05) is 37.3 Å². The summed E-state index contributed by atoms with van der Waals surface area (Å²) in [4.78, 5) is 25.2. The first-order valence-corrected chi connectivity index (χ1v) is 8.91. The van der Waals surface area contributed by atoms with Crippen molar-refractivity contribution in [2.24, 2.45) is 0 Å². The molecule has 1 aliphatic rings. The molecule has 1 aliphatic carbocycles. The Morgan fingerprint density at radius 2 is 1.76 bits per heavy atom. The van der Waals surface area contributed by atoms with Crippen LogP contribution >= 0.6 is 0 Å². The number of benzene rings is 2. The number of hydrogen-bond acceptors (Lipinski definition) is 3. The van der Waals surface area contributed by atoms with Crippen LogP contribution in [0.15, 0.2) is 41.7 Å². The van der Waals surface area contributed by atoms with E-state index in [1.807, 2.05) is 19.1 Å². The van der Waals surface area contributed by atoms with Gasteiger partial charge >= 0.3 is 0 Å². The minimum atomic E-state index is -0.225. The van der Waals surface area contributed by atoms with Gasteiger partial charge in [0.05, 0.1) is 5.57 Å². The summed E-state index contributed by atoms with van der Waals surface area (Å²) >= 11 is 0. The molecule has 0 atom stereocenters. The zero-order valence-corrected chi connectivity index (χ0v) is 15.1. The Labute approximate surface area is 148 Å². The molecule has 0 unspecified atom stereocenters. The normalized spacial score (nSPS) is 18.0. The van der Waals surface area contributed by atoms with Crippen LogP contribution in [0.1, 0.15) is 55.2 Å². The maximum atomic E-state index is 12.6. The predicted octanol–water partition coefficient (Wildman–Crippen LogP) is 5.08. The standard InChI is InChI=1S/C22H24O3/c1-4-7-18(23)22-19(24)11-16(12-20(22)25)21-14(3)13(2)10-15-8-5-6-9-17(15)21/h5-6,8-10,16,23H,4,7,11-12H2,1-3H3. The van der Waals surface area contributed by atoms with Gasteiger partial charge in [0.25, 0.3) is 0 Å². The zero-order chi connectivity index (χ0) is 18.1. The van der Waals surface area contributed by atoms with E-state index in [1.54, 1.807) is 0 Å². The summed E-state index contributed by atoms with van der Waals surface area (Å²) < 4.78 is 0. The highest BCUT2D eigenvalue weighted by Crippen LogP contribution is 2.39. The molecule has 1 saturated carbocycles. The lowest BCUT2D eigenvalue weighted by Crippen LogP contribution is -2.27.